The molecule has 0 radical (unpaired) electrons. The number of carbonyl (C=O) groups excluding carboxylic acids is 1. The molecule has 1 saturated heterocycles. The minimum atomic E-state index is -3.69. The molecular weight excluding hydrogens is 464 g/mol. The molecule has 0 bridgehead atoms. The summed E-state index contributed by atoms with van der Waals surface area (Å²) in [7, 11) is -1.73. The number of likely N-dealkylation sites (N-methyl/N-ethyl adjacent to an activating group) is 1. The summed E-state index contributed by atoms with van der Waals surface area (Å²) in [5, 5.41) is 11.2. The predicted molar refractivity (Wildman–Crippen MR) is 126 cm³/mol. The highest BCUT2D eigenvalue weighted by Crippen LogP contribution is 2.38. The third-order valence-electron chi connectivity index (χ3n) is 5.98. The average molecular weight is 485 g/mol. The van der Waals surface area contributed by atoms with Crippen LogP contribution in [0.5, 0.6) is 5.88 Å². The lowest BCUT2D eigenvalue weighted by atomic mass is 10.0. The topological polar surface area (TPSA) is 106 Å². The number of nitrogens with zero attached hydrogens (tertiary/aromatic N) is 3. The molecule has 2 aromatic carbocycles. The van der Waals surface area contributed by atoms with Gasteiger partial charge in [0.15, 0.2) is 5.88 Å². The van der Waals surface area contributed by atoms with Gasteiger partial charge >= 0.3 is 0 Å². The number of carbonyl (C=O) groups is 1. The second kappa shape index (κ2) is 8.11. The van der Waals surface area contributed by atoms with Crippen LogP contribution in [0.3, 0.4) is 0 Å². The summed E-state index contributed by atoms with van der Waals surface area (Å²) in [6, 6.07) is 13.2. The molecule has 0 saturated carbocycles. The number of piperazine rings is 1. The average Bonchev–Trinajstić information content (AvgIpc) is 3.33. The van der Waals surface area contributed by atoms with Crippen LogP contribution in [0, 0.1) is 0 Å². The number of amides is 1. The fourth-order valence-corrected chi connectivity index (χ4v) is 5.76. The van der Waals surface area contributed by atoms with Crippen molar-refractivity contribution in [3.05, 3.63) is 70.2 Å². The first-order valence-electron chi connectivity index (χ1n) is 10.4. The van der Waals surface area contributed by atoms with Crippen LogP contribution in [0.1, 0.15) is 21.5 Å². The van der Waals surface area contributed by atoms with E-state index < -0.39 is 15.9 Å². The van der Waals surface area contributed by atoms with Gasteiger partial charge in [-0.05, 0) is 31.3 Å². The molecule has 0 unspecified atom stereocenters. The predicted octanol–water partition coefficient (Wildman–Crippen LogP) is 2.97. The van der Waals surface area contributed by atoms with Crippen LogP contribution >= 0.6 is 11.6 Å². The van der Waals surface area contributed by atoms with E-state index in [1.807, 2.05) is 7.05 Å². The number of halogens is 1. The van der Waals surface area contributed by atoms with E-state index in [0.717, 1.165) is 0 Å². The van der Waals surface area contributed by atoms with Gasteiger partial charge in [-0.3, -0.25) is 4.79 Å². The molecule has 1 amide bonds. The fourth-order valence-electron chi connectivity index (χ4n) is 4.17. The summed E-state index contributed by atoms with van der Waals surface area (Å²) in [5.41, 5.74) is 2.29. The lowest BCUT2D eigenvalue weighted by Crippen LogP contribution is -2.47. The molecule has 3 aromatic rings. The number of rotatable bonds is 4. The normalized spacial score (nSPS) is 17.3. The highest BCUT2D eigenvalue weighted by Gasteiger charge is 2.34. The number of aliphatic imine (C=N–C) groups is 1. The van der Waals surface area contributed by atoms with Crippen molar-refractivity contribution in [1.82, 2.24) is 14.2 Å². The van der Waals surface area contributed by atoms with Gasteiger partial charge in [-0.2, -0.15) is 4.31 Å². The molecule has 3 heterocycles. The maximum atomic E-state index is 13.2. The lowest BCUT2D eigenvalue weighted by Gasteiger charge is -2.31. The van der Waals surface area contributed by atoms with Crippen LogP contribution in [0.25, 0.3) is 11.3 Å². The molecular formula is C23H21ClN4O4S. The molecule has 10 heteroatoms. The van der Waals surface area contributed by atoms with Crippen molar-refractivity contribution >= 4 is 33.2 Å². The summed E-state index contributed by atoms with van der Waals surface area (Å²) >= 11 is 5.96. The number of benzene rings is 2. The molecule has 0 atom stereocenters. The minimum Gasteiger partial charge on any atom is -0.494 e. The van der Waals surface area contributed by atoms with E-state index in [1.165, 1.54) is 16.4 Å². The van der Waals surface area contributed by atoms with Crippen LogP contribution < -0.4 is 0 Å². The van der Waals surface area contributed by atoms with Crippen molar-refractivity contribution < 1.29 is 18.3 Å². The van der Waals surface area contributed by atoms with E-state index in [4.69, 9.17) is 11.6 Å². The van der Waals surface area contributed by atoms with Crippen LogP contribution in [-0.2, 0) is 10.0 Å². The third kappa shape index (κ3) is 3.76. The van der Waals surface area contributed by atoms with Crippen LogP contribution in [0.2, 0.25) is 5.02 Å². The Bertz CT molecular complexity index is 1390. The number of sulfonamides is 1. The van der Waals surface area contributed by atoms with Crippen molar-refractivity contribution in [2.75, 3.05) is 33.2 Å². The number of hydrogen-bond acceptors (Lipinski definition) is 5. The number of H-pyrrole nitrogens is 1. The Balaban J connectivity index is 1.54. The molecule has 170 valence electrons. The standard InChI is InChI=1S/C23H21ClN4O4S/c1-27-9-11-28(12-10-27)33(31,32)17-4-2-3-15(13-17)21-19-18(22(29)26-21)20(25-23(19)30)14-5-7-16(24)8-6-14/h2-8,13,26,29H,9-12H2,1H3. The molecule has 33 heavy (non-hydrogen) atoms. The smallest absolute Gasteiger partial charge is 0.280 e. The zero-order valence-corrected chi connectivity index (χ0v) is 19.3. The van der Waals surface area contributed by atoms with E-state index in [2.05, 4.69) is 14.9 Å². The van der Waals surface area contributed by atoms with Gasteiger partial charge in [-0.1, -0.05) is 35.9 Å². The molecule has 2 aliphatic heterocycles. The van der Waals surface area contributed by atoms with Crippen LogP contribution in [0.15, 0.2) is 58.4 Å². The van der Waals surface area contributed by atoms with Gasteiger partial charge in [-0.25, -0.2) is 13.4 Å². The Kier molecular flexibility index (Phi) is 5.37. The molecule has 0 aliphatic carbocycles. The zero-order chi connectivity index (χ0) is 23.3. The molecule has 2 aliphatic rings. The molecule has 8 nitrogen and oxygen atoms in total. The highest BCUT2D eigenvalue weighted by atomic mass is 35.5. The zero-order valence-electron chi connectivity index (χ0n) is 17.7. The van der Waals surface area contributed by atoms with Crippen molar-refractivity contribution in [2.24, 2.45) is 4.99 Å². The van der Waals surface area contributed by atoms with E-state index in [9.17, 15) is 18.3 Å². The van der Waals surface area contributed by atoms with Gasteiger partial charge < -0.3 is 15.0 Å². The van der Waals surface area contributed by atoms with Crippen LogP contribution in [-0.4, -0.2) is 72.6 Å². The van der Waals surface area contributed by atoms with Crippen LogP contribution in [0.4, 0.5) is 0 Å². The number of aromatic hydroxyl groups is 1. The summed E-state index contributed by atoms with van der Waals surface area (Å²) in [6.45, 7) is 2.16. The van der Waals surface area contributed by atoms with E-state index in [0.29, 0.717) is 59.3 Å². The second-order valence-corrected chi connectivity index (χ2v) is 10.5. The summed E-state index contributed by atoms with van der Waals surface area (Å²) in [5.74, 6) is -0.708. The summed E-state index contributed by atoms with van der Waals surface area (Å²) in [4.78, 5) is 22.0. The summed E-state index contributed by atoms with van der Waals surface area (Å²) < 4.78 is 27.9. The molecule has 0 spiro atoms. The monoisotopic (exact) mass is 484 g/mol. The first-order valence-corrected chi connectivity index (χ1v) is 12.2. The maximum Gasteiger partial charge on any atom is 0.280 e. The fraction of sp³-hybridized carbons (Fsp3) is 0.217. The Hall–Kier alpha value is -2.98. The van der Waals surface area contributed by atoms with Crippen molar-refractivity contribution in [2.45, 2.75) is 4.90 Å². The van der Waals surface area contributed by atoms with Gasteiger partial charge in [-0.15, -0.1) is 0 Å². The Morgan fingerprint density at radius 2 is 1.70 bits per heavy atom. The van der Waals surface area contributed by atoms with Crippen molar-refractivity contribution in [3.63, 3.8) is 0 Å². The SMILES string of the molecule is CN1CCN(S(=O)(=O)c2cccc(-c3[nH]c(O)c4c3C(=O)N=C4c3ccc(Cl)cc3)c2)CC1. The molecule has 1 aromatic heterocycles. The maximum absolute atomic E-state index is 13.2. The van der Waals surface area contributed by atoms with Crippen molar-refractivity contribution in [1.29, 1.82) is 0 Å². The Labute approximate surface area is 196 Å². The quantitative estimate of drug-likeness (QED) is 0.592. The van der Waals surface area contributed by atoms with Gasteiger partial charge in [0, 0.05) is 42.3 Å². The van der Waals surface area contributed by atoms with Gasteiger partial charge in [0.2, 0.25) is 10.0 Å². The van der Waals surface area contributed by atoms with Crippen molar-refractivity contribution in [3.8, 4) is 17.1 Å². The second-order valence-electron chi connectivity index (χ2n) is 8.11. The molecule has 5 rings (SSSR count). The van der Waals surface area contributed by atoms with E-state index in [-0.39, 0.29) is 16.3 Å². The highest BCUT2D eigenvalue weighted by molar-refractivity contribution is 7.89. The first-order chi connectivity index (χ1) is 15.8. The lowest BCUT2D eigenvalue weighted by molar-refractivity contribution is 0.101. The molecule has 1 fully saturated rings. The van der Waals surface area contributed by atoms with E-state index in [1.54, 1.807) is 36.4 Å². The van der Waals surface area contributed by atoms with Gasteiger partial charge in [0.05, 0.1) is 27.4 Å². The third-order valence-corrected chi connectivity index (χ3v) is 8.13. The number of nitrogens with one attached hydrogen (secondary N) is 1. The number of aromatic amines is 1. The Morgan fingerprint density at radius 1 is 1.00 bits per heavy atom. The van der Waals surface area contributed by atoms with Gasteiger partial charge in [0.1, 0.15) is 0 Å². The first kappa shape index (κ1) is 21.8. The number of hydrogen-bond donors (Lipinski definition) is 2. The van der Waals surface area contributed by atoms with E-state index >= 15 is 0 Å². The van der Waals surface area contributed by atoms with Gasteiger partial charge in [0.25, 0.3) is 5.91 Å². The summed E-state index contributed by atoms with van der Waals surface area (Å²) in [6.07, 6.45) is 0. The largest absolute Gasteiger partial charge is 0.494 e. The number of fused-ring (bicyclic) bond motifs is 1. The number of aromatic nitrogens is 1. The molecule has 2 N–H and O–H groups in total. The minimum absolute atomic E-state index is 0.136. The Morgan fingerprint density at radius 3 is 2.39 bits per heavy atom.